The van der Waals surface area contributed by atoms with Crippen LogP contribution < -0.4 is 0 Å². The molecule has 0 saturated carbocycles. The van der Waals surface area contributed by atoms with Gasteiger partial charge in [0, 0.05) is 0 Å². The number of hydrogen-bond donors (Lipinski definition) is 0. The summed E-state index contributed by atoms with van der Waals surface area (Å²) in [4.78, 5) is 0. The molecular weight excluding hydrogens is 362 g/mol. The van der Waals surface area contributed by atoms with Crippen LogP contribution in [-0.2, 0) is 19.3 Å². The molecule has 1 atom stereocenters. The number of unbranched alkanes of at least 4 members (excludes halogenated alkanes) is 4. The van der Waals surface area contributed by atoms with E-state index in [9.17, 15) is 8.78 Å². The zero-order chi connectivity index (χ0) is 20.2. The van der Waals surface area contributed by atoms with Crippen molar-refractivity contribution in [2.24, 2.45) is 0 Å². The molecule has 0 amide bonds. The lowest BCUT2D eigenvalue weighted by Crippen LogP contribution is -2.15. The lowest BCUT2D eigenvalue weighted by molar-refractivity contribution is 0.478. The fourth-order valence-electron chi connectivity index (χ4n) is 4.72. The molecule has 1 aliphatic rings. The van der Waals surface area contributed by atoms with Crippen molar-refractivity contribution in [3.05, 3.63) is 82.4 Å². The van der Waals surface area contributed by atoms with Crippen molar-refractivity contribution in [3.63, 3.8) is 0 Å². The van der Waals surface area contributed by atoms with Gasteiger partial charge in [0.05, 0.1) is 0 Å². The first-order valence-electron chi connectivity index (χ1n) is 11.1. The number of aryl methyl sites for hydroxylation is 1. The third-order valence-corrected chi connectivity index (χ3v) is 6.47. The maximum atomic E-state index is 14.0. The predicted octanol–water partition coefficient (Wildman–Crippen LogP) is 7.90. The van der Waals surface area contributed by atoms with Gasteiger partial charge >= 0.3 is 0 Å². The van der Waals surface area contributed by atoms with E-state index in [1.807, 2.05) is 0 Å². The van der Waals surface area contributed by atoms with Gasteiger partial charge in [0.2, 0.25) is 0 Å². The summed E-state index contributed by atoms with van der Waals surface area (Å²) in [6, 6.07) is 16.6. The number of rotatable bonds is 7. The van der Waals surface area contributed by atoms with Gasteiger partial charge in [-0.05, 0) is 77.1 Å². The first-order valence-corrected chi connectivity index (χ1v) is 11.1. The van der Waals surface area contributed by atoms with E-state index in [4.69, 9.17) is 0 Å². The molecular formula is C27H30F2. The highest BCUT2D eigenvalue weighted by Crippen LogP contribution is 2.35. The molecule has 0 bridgehead atoms. The Morgan fingerprint density at radius 3 is 2.52 bits per heavy atom. The van der Waals surface area contributed by atoms with Crippen LogP contribution in [0.15, 0.2) is 48.5 Å². The van der Waals surface area contributed by atoms with Crippen molar-refractivity contribution in [2.75, 3.05) is 0 Å². The molecule has 1 unspecified atom stereocenters. The van der Waals surface area contributed by atoms with Crippen LogP contribution in [0.2, 0.25) is 0 Å². The van der Waals surface area contributed by atoms with Gasteiger partial charge in [-0.3, -0.25) is 0 Å². The highest BCUT2D eigenvalue weighted by molar-refractivity contribution is 5.84. The standard InChI is InChI=1S/C27H30F2/c1-2-3-4-5-6-7-19-8-9-21-17-22(11-10-20(21)16-19)23-12-14-25-24(18-23)13-15-26(28)27(25)29/h8-11,13,15-17,23H,2-7,12,14,18H2,1H3. The van der Waals surface area contributed by atoms with Crippen LogP contribution in [0, 0.1) is 11.6 Å². The van der Waals surface area contributed by atoms with Gasteiger partial charge in [-0.1, -0.05) is 75.1 Å². The van der Waals surface area contributed by atoms with E-state index in [2.05, 4.69) is 43.3 Å². The van der Waals surface area contributed by atoms with Crippen LogP contribution in [0.4, 0.5) is 8.78 Å². The third-order valence-electron chi connectivity index (χ3n) is 6.47. The van der Waals surface area contributed by atoms with Gasteiger partial charge in [0.25, 0.3) is 0 Å². The Morgan fingerprint density at radius 2 is 1.66 bits per heavy atom. The summed E-state index contributed by atoms with van der Waals surface area (Å²) in [5.41, 5.74) is 4.26. The van der Waals surface area contributed by atoms with Crippen molar-refractivity contribution < 1.29 is 8.78 Å². The molecule has 0 spiro atoms. The second kappa shape index (κ2) is 9.07. The lowest BCUT2D eigenvalue weighted by atomic mass is 9.79. The van der Waals surface area contributed by atoms with Gasteiger partial charge in [-0.25, -0.2) is 8.78 Å². The molecule has 4 rings (SSSR count). The highest BCUT2D eigenvalue weighted by Gasteiger charge is 2.24. The summed E-state index contributed by atoms with van der Waals surface area (Å²) in [5, 5.41) is 2.57. The highest BCUT2D eigenvalue weighted by atomic mass is 19.2. The summed E-state index contributed by atoms with van der Waals surface area (Å²) in [6.45, 7) is 2.25. The van der Waals surface area contributed by atoms with Gasteiger partial charge in [0.15, 0.2) is 11.6 Å². The minimum Gasteiger partial charge on any atom is -0.204 e. The van der Waals surface area contributed by atoms with Crippen LogP contribution in [0.5, 0.6) is 0 Å². The molecule has 0 fully saturated rings. The molecule has 0 aliphatic heterocycles. The molecule has 3 aromatic carbocycles. The smallest absolute Gasteiger partial charge is 0.162 e. The van der Waals surface area contributed by atoms with Crippen molar-refractivity contribution in [1.82, 2.24) is 0 Å². The van der Waals surface area contributed by atoms with Crippen LogP contribution in [-0.4, -0.2) is 0 Å². The van der Waals surface area contributed by atoms with Crippen molar-refractivity contribution >= 4 is 10.8 Å². The SMILES string of the molecule is CCCCCCCc1ccc2cc(C3CCc4c(ccc(F)c4F)C3)ccc2c1. The quantitative estimate of drug-likeness (QED) is 0.358. The number of benzene rings is 3. The van der Waals surface area contributed by atoms with E-state index < -0.39 is 11.6 Å². The first kappa shape index (κ1) is 20.1. The van der Waals surface area contributed by atoms with E-state index in [1.165, 1.54) is 60.1 Å². The fourth-order valence-corrected chi connectivity index (χ4v) is 4.72. The third kappa shape index (κ3) is 4.52. The molecule has 29 heavy (non-hydrogen) atoms. The summed E-state index contributed by atoms with van der Waals surface area (Å²) in [6.07, 6.45) is 9.98. The largest absolute Gasteiger partial charge is 0.204 e. The summed E-state index contributed by atoms with van der Waals surface area (Å²) in [5.74, 6) is -1.01. The Kier molecular flexibility index (Phi) is 6.28. The zero-order valence-electron chi connectivity index (χ0n) is 17.3. The van der Waals surface area contributed by atoms with E-state index in [0.29, 0.717) is 17.9 Å². The molecule has 0 N–H and O–H groups in total. The molecule has 1 aliphatic carbocycles. The maximum absolute atomic E-state index is 14.0. The van der Waals surface area contributed by atoms with Gasteiger partial charge < -0.3 is 0 Å². The Hall–Kier alpha value is -2.22. The maximum Gasteiger partial charge on any atom is 0.162 e. The van der Waals surface area contributed by atoms with Crippen LogP contribution >= 0.6 is 0 Å². The molecule has 0 saturated heterocycles. The Labute approximate surface area is 173 Å². The van der Waals surface area contributed by atoms with Crippen LogP contribution in [0.25, 0.3) is 10.8 Å². The first-order chi connectivity index (χ1) is 14.2. The number of halogens is 2. The molecule has 152 valence electrons. The minimum atomic E-state index is -0.728. The van der Waals surface area contributed by atoms with Crippen molar-refractivity contribution in [2.45, 2.75) is 70.6 Å². The molecule has 0 aromatic heterocycles. The van der Waals surface area contributed by atoms with Crippen LogP contribution in [0.3, 0.4) is 0 Å². The molecule has 2 heteroatoms. The molecule has 0 heterocycles. The number of hydrogen-bond acceptors (Lipinski definition) is 0. The molecule has 0 radical (unpaired) electrons. The Bertz CT molecular complexity index is 989. The topological polar surface area (TPSA) is 0 Å². The lowest BCUT2D eigenvalue weighted by Gasteiger charge is -2.25. The van der Waals surface area contributed by atoms with Gasteiger partial charge in [-0.15, -0.1) is 0 Å². The average Bonchev–Trinajstić information content (AvgIpc) is 2.75. The Morgan fingerprint density at radius 1 is 0.862 bits per heavy atom. The summed E-state index contributed by atoms with van der Waals surface area (Å²) >= 11 is 0. The average molecular weight is 393 g/mol. The second-order valence-electron chi connectivity index (χ2n) is 8.54. The van der Waals surface area contributed by atoms with E-state index in [0.717, 1.165) is 24.8 Å². The van der Waals surface area contributed by atoms with E-state index in [-0.39, 0.29) is 0 Å². The van der Waals surface area contributed by atoms with Crippen LogP contribution in [0.1, 0.15) is 73.6 Å². The van der Waals surface area contributed by atoms with Crippen molar-refractivity contribution in [1.29, 1.82) is 0 Å². The Balaban J connectivity index is 1.46. The minimum absolute atomic E-state index is 0.370. The summed E-state index contributed by atoms with van der Waals surface area (Å²) < 4.78 is 27.5. The second-order valence-corrected chi connectivity index (χ2v) is 8.54. The number of fused-ring (bicyclic) bond motifs is 2. The summed E-state index contributed by atoms with van der Waals surface area (Å²) in [7, 11) is 0. The monoisotopic (exact) mass is 392 g/mol. The molecule has 0 nitrogen and oxygen atoms in total. The zero-order valence-corrected chi connectivity index (χ0v) is 17.3. The molecule has 3 aromatic rings. The van der Waals surface area contributed by atoms with Crippen molar-refractivity contribution in [3.8, 4) is 0 Å². The van der Waals surface area contributed by atoms with Gasteiger partial charge in [0.1, 0.15) is 0 Å². The van der Waals surface area contributed by atoms with Gasteiger partial charge in [-0.2, -0.15) is 0 Å². The fraction of sp³-hybridized carbons (Fsp3) is 0.407. The normalized spacial score (nSPS) is 16.2. The van der Waals surface area contributed by atoms with E-state index in [1.54, 1.807) is 6.07 Å². The van der Waals surface area contributed by atoms with E-state index >= 15 is 0 Å². The predicted molar refractivity (Wildman–Crippen MR) is 118 cm³/mol.